The Morgan fingerprint density at radius 2 is 1.90 bits per heavy atom. The SMILES string of the molecule is O=S(=O)(c1cn[nH]c1)N1CCC(Oc2ccccc2)CC1. The summed E-state index contributed by atoms with van der Waals surface area (Å²) >= 11 is 0. The molecule has 2 aromatic rings. The van der Waals surface area contributed by atoms with Gasteiger partial charge in [-0.1, -0.05) is 18.2 Å². The minimum absolute atomic E-state index is 0.0585. The summed E-state index contributed by atoms with van der Waals surface area (Å²) in [4.78, 5) is 0.213. The number of para-hydroxylation sites is 1. The van der Waals surface area contributed by atoms with Crippen LogP contribution in [-0.2, 0) is 10.0 Å². The lowest BCUT2D eigenvalue weighted by molar-refractivity contribution is 0.135. The van der Waals surface area contributed by atoms with Gasteiger partial charge < -0.3 is 4.74 Å². The van der Waals surface area contributed by atoms with Crippen LogP contribution >= 0.6 is 0 Å². The molecule has 1 aromatic heterocycles. The van der Waals surface area contributed by atoms with Crippen molar-refractivity contribution in [3.8, 4) is 5.75 Å². The van der Waals surface area contributed by atoms with E-state index in [1.165, 1.54) is 16.7 Å². The minimum Gasteiger partial charge on any atom is -0.490 e. The fraction of sp³-hybridized carbons (Fsp3) is 0.357. The lowest BCUT2D eigenvalue weighted by Gasteiger charge is -2.31. The van der Waals surface area contributed by atoms with Gasteiger partial charge >= 0.3 is 0 Å². The number of nitrogens with zero attached hydrogens (tertiary/aromatic N) is 2. The highest BCUT2D eigenvalue weighted by Gasteiger charge is 2.30. The van der Waals surface area contributed by atoms with Gasteiger partial charge in [-0.3, -0.25) is 5.10 Å². The largest absolute Gasteiger partial charge is 0.490 e. The normalized spacial score (nSPS) is 17.7. The van der Waals surface area contributed by atoms with Gasteiger partial charge in [0.25, 0.3) is 0 Å². The molecule has 6 nitrogen and oxygen atoms in total. The van der Waals surface area contributed by atoms with Crippen LogP contribution in [0.15, 0.2) is 47.6 Å². The van der Waals surface area contributed by atoms with Crippen molar-refractivity contribution in [3.05, 3.63) is 42.7 Å². The molecule has 0 spiro atoms. The van der Waals surface area contributed by atoms with E-state index < -0.39 is 10.0 Å². The van der Waals surface area contributed by atoms with Gasteiger partial charge in [0.15, 0.2) is 0 Å². The van der Waals surface area contributed by atoms with Crippen molar-refractivity contribution >= 4 is 10.0 Å². The van der Waals surface area contributed by atoms with Crippen LogP contribution in [0.3, 0.4) is 0 Å². The Morgan fingerprint density at radius 1 is 1.19 bits per heavy atom. The van der Waals surface area contributed by atoms with E-state index in [4.69, 9.17) is 4.74 Å². The highest BCUT2D eigenvalue weighted by atomic mass is 32.2. The third-order valence-corrected chi connectivity index (χ3v) is 5.42. The number of hydrogen-bond donors (Lipinski definition) is 1. The number of ether oxygens (including phenoxy) is 1. The van der Waals surface area contributed by atoms with Crippen LogP contribution in [0.1, 0.15) is 12.8 Å². The molecule has 0 aliphatic carbocycles. The molecule has 0 unspecified atom stereocenters. The van der Waals surface area contributed by atoms with Crippen molar-refractivity contribution < 1.29 is 13.2 Å². The number of aromatic nitrogens is 2. The van der Waals surface area contributed by atoms with Gasteiger partial charge in [0.1, 0.15) is 16.7 Å². The number of aromatic amines is 1. The second kappa shape index (κ2) is 5.87. The molecule has 0 radical (unpaired) electrons. The summed E-state index contributed by atoms with van der Waals surface area (Å²) in [6, 6.07) is 9.61. The number of nitrogens with one attached hydrogen (secondary N) is 1. The first-order valence-corrected chi connectivity index (χ1v) is 8.31. The van der Waals surface area contributed by atoms with Gasteiger partial charge in [-0.25, -0.2) is 8.42 Å². The van der Waals surface area contributed by atoms with Crippen LogP contribution in [0.4, 0.5) is 0 Å². The summed E-state index contributed by atoms with van der Waals surface area (Å²) in [6.45, 7) is 0.927. The molecule has 1 aromatic carbocycles. The van der Waals surface area contributed by atoms with E-state index >= 15 is 0 Å². The van der Waals surface area contributed by atoms with Crippen molar-refractivity contribution in [1.29, 1.82) is 0 Å². The molecule has 0 atom stereocenters. The Bertz CT molecular complexity index is 663. The zero-order valence-electron chi connectivity index (χ0n) is 11.5. The fourth-order valence-electron chi connectivity index (χ4n) is 2.41. The maximum absolute atomic E-state index is 12.3. The molecule has 1 saturated heterocycles. The van der Waals surface area contributed by atoms with Crippen LogP contribution < -0.4 is 4.74 Å². The predicted molar refractivity (Wildman–Crippen MR) is 77.4 cm³/mol. The summed E-state index contributed by atoms with van der Waals surface area (Å²) in [5.41, 5.74) is 0. The first kappa shape index (κ1) is 14.1. The number of hydrogen-bond acceptors (Lipinski definition) is 4. The average Bonchev–Trinajstić information content (AvgIpc) is 3.04. The Kier molecular flexibility index (Phi) is 3.94. The molecule has 1 aliphatic rings. The van der Waals surface area contributed by atoms with Crippen molar-refractivity contribution in [2.24, 2.45) is 0 Å². The lowest BCUT2D eigenvalue weighted by Crippen LogP contribution is -2.41. The van der Waals surface area contributed by atoms with E-state index in [2.05, 4.69) is 10.2 Å². The molecule has 1 aliphatic heterocycles. The van der Waals surface area contributed by atoms with Crippen LogP contribution in [-0.4, -0.2) is 42.1 Å². The molecule has 0 amide bonds. The lowest BCUT2D eigenvalue weighted by atomic mass is 10.1. The second-order valence-electron chi connectivity index (χ2n) is 4.97. The zero-order chi connectivity index (χ0) is 14.7. The molecule has 0 bridgehead atoms. The van der Waals surface area contributed by atoms with Crippen LogP contribution in [0, 0.1) is 0 Å². The molecule has 7 heteroatoms. The first-order valence-electron chi connectivity index (χ1n) is 6.87. The number of benzene rings is 1. The van der Waals surface area contributed by atoms with Gasteiger partial charge in [-0.2, -0.15) is 9.40 Å². The van der Waals surface area contributed by atoms with E-state index in [0.29, 0.717) is 25.9 Å². The highest BCUT2D eigenvalue weighted by Crippen LogP contribution is 2.23. The van der Waals surface area contributed by atoms with Gasteiger partial charge in [0.2, 0.25) is 10.0 Å². The quantitative estimate of drug-likeness (QED) is 0.932. The third-order valence-electron chi connectivity index (χ3n) is 3.56. The number of rotatable bonds is 4. The average molecular weight is 307 g/mol. The first-order chi connectivity index (χ1) is 10.2. The minimum atomic E-state index is -3.43. The number of H-pyrrole nitrogens is 1. The second-order valence-corrected chi connectivity index (χ2v) is 6.91. The summed E-state index contributed by atoms with van der Waals surface area (Å²) in [7, 11) is -3.43. The zero-order valence-corrected chi connectivity index (χ0v) is 12.3. The summed E-state index contributed by atoms with van der Waals surface area (Å²) in [5, 5.41) is 6.23. The smallest absolute Gasteiger partial charge is 0.246 e. The van der Waals surface area contributed by atoms with E-state index in [1.807, 2.05) is 30.3 Å². The molecule has 2 heterocycles. The molecular weight excluding hydrogens is 290 g/mol. The fourth-order valence-corrected chi connectivity index (χ4v) is 3.79. The standard InChI is InChI=1S/C14H17N3O3S/c18-21(19,14-10-15-16-11-14)17-8-6-13(7-9-17)20-12-4-2-1-3-5-12/h1-5,10-11,13H,6-9H2,(H,15,16). The van der Waals surface area contributed by atoms with Crippen LogP contribution in [0.25, 0.3) is 0 Å². The van der Waals surface area contributed by atoms with Crippen molar-refractivity contribution in [1.82, 2.24) is 14.5 Å². The maximum atomic E-state index is 12.3. The van der Waals surface area contributed by atoms with Crippen molar-refractivity contribution in [3.63, 3.8) is 0 Å². The molecule has 21 heavy (non-hydrogen) atoms. The monoisotopic (exact) mass is 307 g/mol. The topological polar surface area (TPSA) is 75.3 Å². The maximum Gasteiger partial charge on any atom is 0.246 e. The van der Waals surface area contributed by atoms with Crippen LogP contribution in [0.2, 0.25) is 0 Å². The van der Waals surface area contributed by atoms with Gasteiger partial charge in [0, 0.05) is 19.3 Å². The molecule has 1 N–H and O–H groups in total. The highest BCUT2D eigenvalue weighted by molar-refractivity contribution is 7.89. The summed E-state index contributed by atoms with van der Waals surface area (Å²) in [6.07, 6.45) is 4.17. The molecule has 3 rings (SSSR count). The van der Waals surface area contributed by atoms with Crippen molar-refractivity contribution in [2.45, 2.75) is 23.8 Å². The summed E-state index contributed by atoms with van der Waals surface area (Å²) < 4.78 is 32.0. The third kappa shape index (κ3) is 3.08. The van der Waals surface area contributed by atoms with Gasteiger partial charge in [0.05, 0.1) is 6.20 Å². The van der Waals surface area contributed by atoms with Crippen LogP contribution in [0.5, 0.6) is 5.75 Å². The molecular formula is C14H17N3O3S. The van der Waals surface area contributed by atoms with E-state index in [-0.39, 0.29) is 11.0 Å². The van der Waals surface area contributed by atoms with E-state index in [0.717, 1.165) is 5.75 Å². The summed E-state index contributed by atoms with van der Waals surface area (Å²) in [5.74, 6) is 0.827. The Labute approximate surface area is 123 Å². The number of sulfonamides is 1. The molecule has 112 valence electrons. The van der Waals surface area contributed by atoms with E-state index in [1.54, 1.807) is 0 Å². The Morgan fingerprint density at radius 3 is 2.52 bits per heavy atom. The van der Waals surface area contributed by atoms with Crippen molar-refractivity contribution in [2.75, 3.05) is 13.1 Å². The predicted octanol–water partition coefficient (Wildman–Crippen LogP) is 1.64. The van der Waals surface area contributed by atoms with Gasteiger partial charge in [-0.15, -0.1) is 0 Å². The molecule has 1 fully saturated rings. The van der Waals surface area contributed by atoms with E-state index in [9.17, 15) is 8.42 Å². The Hall–Kier alpha value is -1.86. The molecule has 0 saturated carbocycles. The Balaban J connectivity index is 1.61. The number of piperidine rings is 1. The van der Waals surface area contributed by atoms with Gasteiger partial charge in [-0.05, 0) is 25.0 Å².